The van der Waals surface area contributed by atoms with Crippen molar-refractivity contribution in [1.29, 1.82) is 0 Å². The van der Waals surface area contributed by atoms with E-state index >= 15 is 0 Å². The molecule has 1 amide bonds. The van der Waals surface area contributed by atoms with Gasteiger partial charge in [-0.1, -0.05) is 29.8 Å². The zero-order valence-corrected chi connectivity index (χ0v) is 14.8. The number of anilines is 3. The second kappa shape index (κ2) is 7.36. The number of amides is 1. The van der Waals surface area contributed by atoms with Gasteiger partial charge in [0.15, 0.2) is 0 Å². The monoisotopic (exact) mass is 351 g/mol. The summed E-state index contributed by atoms with van der Waals surface area (Å²) < 4.78 is 0. The van der Waals surface area contributed by atoms with E-state index in [1.54, 1.807) is 18.3 Å². The molecule has 0 saturated heterocycles. The van der Waals surface area contributed by atoms with Gasteiger partial charge in [0.1, 0.15) is 5.82 Å². The molecule has 25 heavy (non-hydrogen) atoms. The summed E-state index contributed by atoms with van der Waals surface area (Å²) >= 11 is 6.12. The Hall–Kier alpha value is -2.85. The van der Waals surface area contributed by atoms with Gasteiger partial charge < -0.3 is 10.6 Å². The van der Waals surface area contributed by atoms with E-state index in [1.165, 1.54) is 0 Å². The van der Waals surface area contributed by atoms with Crippen molar-refractivity contribution in [2.45, 2.75) is 13.8 Å². The van der Waals surface area contributed by atoms with Crippen LogP contribution in [0, 0.1) is 13.8 Å². The van der Waals surface area contributed by atoms with Crippen molar-refractivity contribution in [3.63, 3.8) is 0 Å². The lowest BCUT2D eigenvalue weighted by Gasteiger charge is -2.09. The minimum atomic E-state index is -0.156. The van der Waals surface area contributed by atoms with Gasteiger partial charge in [-0.05, 0) is 61.4 Å². The highest BCUT2D eigenvalue weighted by Crippen LogP contribution is 2.24. The van der Waals surface area contributed by atoms with Gasteiger partial charge in [0.05, 0.1) is 22.6 Å². The van der Waals surface area contributed by atoms with Gasteiger partial charge >= 0.3 is 0 Å². The molecule has 5 heteroatoms. The van der Waals surface area contributed by atoms with E-state index in [1.807, 2.05) is 56.3 Å². The number of pyridine rings is 1. The fraction of sp³-hybridized carbons (Fsp3) is 0.100. The van der Waals surface area contributed by atoms with Crippen molar-refractivity contribution in [3.8, 4) is 0 Å². The van der Waals surface area contributed by atoms with E-state index in [0.29, 0.717) is 22.1 Å². The quantitative estimate of drug-likeness (QED) is 0.666. The van der Waals surface area contributed by atoms with Gasteiger partial charge in [0, 0.05) is 5.56 Å². The van der Waals surface area contributed by atoms with Crippen LogP contribution in [0.4, 0.5) is 17.2 Å². The van der Waals surface area contributed by atoms with Crippen LogP contribution in [0.5, 0.6) is 0 Å². The Morgan fingerprint density at radius 2 is 1.80 bits per heavy atom. The van der Waals surface area contributed by atoms with Gasteiger partial charge in [-0.15, -0.1) is 0 Å². The first kappa shape index (κ1) is 17.0. The molecule has 0 fully saturated rings. The number of aryl methyl sites for hydroxylation is 2. The molecule has 0 aliphatic heterocycles. The van der Waals surface area contributed by atoms with Gasteiger partial charge in [-0.25, -0.2) is 4.98 Å². The molecule has 0 radical (unpaired) electrons. The molecule has 0 unspecified atom stereocenters. The summed E-state index contributed by atoms with van der Waals surface area (Å²) in [6, 6.07) is 16.7. The standard InChI is InChI=1S/C20H18ClN3O/c1-13-7-8-15(11-14(13)2)20(25)23-16-9-10-19(22-12-16)24-18-6-4-3-5-17(18)21/h3-12H,1-2H3,(H,22,24)(H,23,25). The van der Waals surface area contributed by atoms with Crippen LogP contribution in [-0.4, -0.2) is 10.9 Å². The van der Waals surface area contributed by atoms with E-state index in [9.17, 15) is 4.79 Å². The van der Waals surface area contributed by atoms with Crippen molar-refractivity contribution < 1.29 is 4.79 Å². The topological polar surface area (TPSA) is 54.0 Å². The summed E-state index contributed by atoms with van der Waals surface area (Å²) in [4.78, 5) is 16.6. The summed E-state index contributed by atoms with van der Waals surface area (Å²) in [6.07, 6.45) is 1.61. The van der Waals surface area contributed by atoms with Crippen LogP contribution in [0.15, 0.2) is 60.8 Å². The summed E-state index contributed by atoms with van der Waals surface area (Å²) in [5.41, 5.74) is 4.29. The van der Waals surface area contributed by atoms with Crippen LogP contribution < -0.4 is 10.6 Å². The number of para-hydroxylation sites is 1. The molecular weight excluding hydrogens is 334 g/mol. The van der Waals surface area contributed by atoms with Crippen LogP contribution in [-0.2, 0) is 0 Å². The number of carbonyl (C=O) groups excluding carboxylic acids is 1. The average Bonchev–Trinajstić information content (AvgIpc) is 2.61. The Bertz CT molecular complexity index is 907. The average molecular weight is 352 g/mol. The fourth-order valence-corrected chi connectivity index (χ4v) is 2.51. The highest BCUT2D eigenvalue weighted by Gasteiger charge is 2.08. The van der Waals surface area contributed by atoms with Crippen LogP contribution in [0.3, 0.4) is 0 Å². The second-order valence-electron chi connectivity index (χ2n) is 5.79. The summed E-state index contributed by atoms with van der Waals surface area (Å²) in [5.74, 6) is 0.494. The number of hydrogen-bond acceptors (Lipinski definition) is 3. The van der Waals surface area contributed by atoms with Crippen molar-refractivity contribution >= 4 is 34.7 Å². The first-order valence-electron chi connectivity index (χ1n) is 7.89. The largest absolute Gasteiger partial charge is 0.339 e. The summed E-state index contributed by atoms with van der Waals surface area (Å²) in [5, 5.41) is 6.62. The van der Waals surface area contributed by atoms with Gasteiger partial charge in [-0.3, -0.25) is 4.79 Å². The molecular formula is C20H18ClN3O. The van der Waals surface area contributed by atoms with E-state index in [4.69, 9.17) is 11.6 Å². The highest BCUT2D eigenvalue weighted by molar-refractivity contribution is 6.33. The minimum Gasteiger partial charge on any atom is -0.339 e. The predicted molar refractivity (Wildman–Crippen MR) is 103 cm³/mol. The fourth-order valence-electron chi connectivity index (χ4n) is 2.33. The van der Waals surface area contributed by atoms with Gasteiger partial charge in [-0.2, -0.15) is 0 Å². The van der Waals surface area contributed by atoms with Crippen molar-refractivity contribution in [1.82, 2.24) is 4.98 Å². The Balaban J connectivity index is 1.69. The van der Waals surface area contributed by atoms with E-state index < -0.39 is 0 Å². The Kier molecular flexibility index (Phi) is 5.00. The maximum atomic E-state index is 12.3. The Morgan fingerprint density at radius 3 is 2.48 bits per heavy atom. The van der Waals surface area contributed by atoms with Gasteiger partial charge in [0.25, 0.3) is 5.91 Å². The molecule has 0 aliphatic rings. The number of nitrogens with one attached hydrogen (secondary N) is 2. The molecule has 4 nitrogen and oxygen atoms in total. The van der Waals surface area contributed by atoms with Crippen LogP contribution in [0.25, 0.3) is 0 Å². The zero-order chi connectivity index (χ0) is 17.8. The first-order valence-corrected chi connectivity index (χ1v) is 8.27. The highest BCUT2D eigenvalue weighted by atomic mass is 35.5. The zero-order valence-electron chi connectivity index (χ0n) is 14.0. The van der Waals surface area contributed by atoms with Crippen molar-refractivity contribution in [3.05, 3.63) is 82.5 Å². The van der Waals surface area contributed by atoms with Crippen molar-refractivity contribution in [2.24, 2.45) is 0 Å². The first-order chi connectivity index (χ1) is 12.0. The molecule has 3 aromatic rings. The molecule has 0 saturated carbocycles. The SMILES string of the molecule is Cc1ccc(C(=O)Nc2ccc(Nc3ccccc3Cl)nc2)cc1C. The number of benzene rings is 2. The molecule has 126 valence electrons. The normalized spacial score (nSPS) is 10.4. The molecule has 0 spiro atoms. The molecule has 2 aromatic carbocycles. The van der Waals surface area contributed by atoms with Crippen LogP contribution >= 0.6 is 11.6 Å². The number of halogens is 1. The number of rotatable bonds is 4. The smallest absolute Gasteiger partial charge is 0.255 e. The van der Waals surface area contributed by atoms with Crippen molar-refractivity contribution in [2.75, 3.05) is 10.6 Å². The predicted octanol–water partition coefficient (Wildman–Crippen LogP) is 5.35. The summed E-state index contributed by atoms with van der Waals surface area (Å²) in [7, 11) is 0. The lowest BCUT2D eigenvalue weighted by molar-refractivity contribution is 0.102. The molecule has 2 N–H and O–H groups in total. The van der Waals surface area contributed by atoms with E-state index in [0.717, 1.165) is 16.8 Å². The number of carbonyl (C=O) groups is 1. The lowest BCUT2D eigenvalue weighted by atomic mass is 10.1. The molecule has 1 aromatic heterocycles. The lowest BCUT2D eigenvalue weighted by Crippen LogP contribution is -2.12. The molecule has 0 atom stereocenters. The molecule has 1 heterocycles. The Morgan fingerprint density at radius 1 is 1.00 bits per heavy atom. The maximum absolute atomic E-state index is 12.3. The maximum Gasteiger partial charge on any atom is 0.255 e. The third-order valence-corrected chi connectivity index (χ3v) is 4.26. The Labute approximate surface area is 151 Å². The molecule has 0 bridgehead atoms. The van der Waals surface area contributed by atoms with E-state index in [-0.39, 0.29) is 5.91 Å². The number of aromatic nitrogens is 1. The minimum absolute atomic E-state index is 0.156. The van der Waals surface area contributed by atoms with E-state index in [2.05, 4.69) is 15.6 Å². The van der Waals surface area contributed by atoms with Gasteiger partial charge in [0.2, 0.25) is 0 Å². The molecule has 3 rings (SSSR count). The number of nitrogens with zero attached hydrogens (tertiary/aromatic N) is 1. The second-order valence-corrected chi connectivity index (χ2v) is 6.20. The third-order valence-electron chi connectivity index (χ3n) is 3.93. The summed E-state index contributed by atoms with van der Waals surface area (Å²) in [6.45, 7) is 4.01. The third kappa shape index (κ3) is 4.17. The van der Waals surface area contributed by atoms with Crippen LogP contribution in [0.1, 0.15) is 21.5 Å². The number of hydrogen-bond donors (Lipinski definition) is 2. The van der Waals surface area contributed by atoms with Crippen LogP contribution in [0.2, 0.25) is 5.02 Å². The molecule has 0 aliphatic carbocycles.